The fourth-order valence-electron chi connectivity index (χ4n) is 2.72. The molecule has 15 heavy (non-hydrogen) atoms. The summed E-state index contributed by atoms with van der Waals surface area (Å²) in [5.41, 5.74) is 0.625. The van der Waals surface area contributed by atoms with Gasteiger partial charge in [-0.2, -0.15) is 11.8 Å². The molecule has 0 spiro atoms. The lowest BCUT2D eigenvalue weighted by Gasteiger charge is -2.35. The fourth-order valence-corrected chi connectivity index (χ4v) is 3.67. The van der Waals surface area contributed by atoms with Crippen molar-refractivity contribution in [2.45, 2.75) is 69.7 Å². The average molecular weight is 227 g/mol. The Hall–Kier alpha value is 0.310. The summed E-state index contributed by atoms with van der Waals surface area (Å²) in [6.07, 6.45) is 10.8. The van der Waals surface area contributed by atoms with E-state index in [2.05, 4.69) is 37.2 Å². The maximum absolute atomic E-state index is 3.90. The molecule has 2 saturated carbocycles. The third-order valence-electron chi connectivity index (χ3n) is 4.55. The van der Waals surface area contributed by atoms with Gasteiger partial charge < -0.3 is 5.32 Å². The summed E-state index contributed by atoms with van der Waals surface area (Å²) in [5.74, 6) is 0. The van der Waals surface area contributed by atoms with E-state index in [1.807, 2.05) is 0 Å². The Morgan fingerprint density at radius 3 is 2.53 bits per heavy atom. The van der Waals surface area contributed by atoms with Gasteiger partial charge in [0.2, 0.25) is 0 Å². The summed E-state index contributed by atoms with van der Waals surface area (Å²) in [5, 5.41) is 4.77. The summed E-state index contributed by atoms with van der Waals surface area (Å²) in [6, 6.07) is 1.50. The number of thioether (sulfide) groups is 1. The predicted octanol–water partition coefficient (Wildman–Crippen LogP) is 3.44. The van der Waals surface area contributed by atoms with Crippen LogP contribution in [0.2, 0.25) is 0 Å². The summed E-state index contributed by atoms with van der Waals surface area (Å²) in [6.45, 7) is 4.82. The van der Waals surface area contributed by atoms with E-state index in [0.29, 0.717) is 5.41 Å². The molecule has 2 fully saturated rings. The topological polar surface area (TPSA) is 12.0 Å². The van der Waals surface area contributed by atoms with Crippen molar-refractivity contribution in [3.8, 4) is 0 Å². The van der Waals surface area contributed by atoms with Gasteiger partial charge in [-0.15, -0.1) is 0 Å². The molecule has 0 heterocycles. The number of nitrogens with one attached hydrogen (secondary N) is 1. The van der Waals surface area contributed by atoms with E-state index < -0.39 is 0 Å². The van der Waals surface area contributed by atoms with E-state index in [-0.39, 0.29) is 0 Å². The Labute approximate surface area is 98.8 Å². The normalized spacial score (nSPS) is 36.2. The predicted molar refractivity (Wildman–Crippen MR) is 69.5 cm³/mol. The molecule has 2 aliphatic rings. The Morgan fingerprint density at radius 2 is 1.93 bits per heavy atom. The van der Waals surface area contributed by atoms with Crippen molar-refractivity contribution in [3.05, 3.63) is 0 Å². The molecule has 2 aliphatic carbocycles. The van der Waals surface area contributed by atoms with E-state index in [1.54, 1.807) is 0 Å². The van der Waals surface area contributed by atoms with Gasteiger partial charge in [-0.05, 0) is 44.3 Å². The molecule has 2 heteroatoms. The van der Waals surface area contributed by atoms with Gasteiger partial charge in [0.25, 0.3) is 0 Å². The van der Waals surface area contributed by atoms with Crippen molar-refractivity contribution in [3.63, 3.8) is 0 Å². The number of hydrogen-bond donors (Lipinski definition) is 1. The van der Waals surface area contributed by atoms with Crippen molar-refractivity contribution in [1.29, 1.82) is 0 Å². The second-order valence-corrected chi connectivity index (χ2v) is 6.78. The third-order valence-corrected chi connectivity index (χ3v) is 5.72. The van der Waals surface area contributed by atoms with Crippen LogP contribution in [0.5, 0.6) is 0 Å². The van der Waals surface area contributed by atoms with Crippen LogP contribution in [0.4, 0.5) is 0 Å². The zero-order chi connectivity index (χ0) is 10.9. The van der Waals surface area contributed by atoms with Gasteiger partial charge >= 0.3 is 0 Å². The highest BCUT2D eigenvalue weighted by Crippen LogP contribution is 2.48. The summed E-state index contributed by atoms with van der Waals surface area (Å²) < 4.78 is 0. The Kier molecular flexibility index (Phi) is 3.67. The van der Waals surface area contributed by atoms with Crippen LogP contribution in [0.3, 0.4) is 0 Å². The second-order valence-electron chi connectivity index (χ2n) is 5.71. The Morgan fingerprint density at radius 1 is 1.27 bits per heavy atom. The molecule has 1 nitrogen and oxygen atoms in total. The molecule has 3 atom stereocenters. The summed E-state index contributed by atoms with van der Waals surface area (Å²) in [7, 11) is 0. The van der Waals surface area contributed by atoms with E-state index in [9.17, 15) is 0 Å². The molecular weight excluding hydrogens is 202 g/mol. The first-order chi connectivity index (χ1) is 7.15. The highest BCUT2D eigenvalue weighted by Gasteiger charge is 2.43. The first kappa shape index (κ1) is 11.8. The van der Waals surface area contributed by atoms with Gasteiger partial charge in [-0.25, -0.2) is 0 Å². The highest BCUT2D eigenvalue weighted by atomic mass is 32.2. The molecule has 0 bridgehead atoms. The maximum Gasteiger partial charge on any atom is 0.0198 e. The molecule has 0 amide bonds. The Balaban J connectivity index is 1.85. The van der Waals surface area contributed by atoms with Crippen LogP contribution < -0.4 is 5.32 Å². The van der Waals surface area contributed by atoms with Crippen molar-refractivity contribution in [2.24, 2.45) is 5.41 Å². The van der Waals surface area contributed by atoms with Crippen LogP contribution in [0.25, 0.3) is 0 Å². The van der Waals surface area contributed by atoms with Crippen LogP contribution in [0.1, 0.15) is 52.4 Å². The number of hydrogen-bond acceptors (Lipinski definition) is 2. The fraction of sp³-hybridized carbons (Fsp3) is 1.00. The van der Waals surface area contributed by atoms with Crippen molar-refractivity contribution >= 4 is 11.8 Å². The minimum Gasteiger partial charge on any atom is -0.310 e. The van der Waals surface area contributed by atoms with Crippen LogP contribution in [-0.4, -0.2) is 23.6 Å². The molecule has 2 rings (SSSR count). The lowest BCUT2D eigenvalue weighted by Crippen LogP contribution is -2.47. The lowest BCUT2D eigenvalue weighted by atomic mass is 9.92. The van der Waals surface area contributed by atoms with Gasteiger partial charge in [0.1, 0.15) is 0 Å². The van der Waals surface area contributed by atoms with Crippen molar-refractivity contribution in [1.82, 2.24) is 5.32 Å². The smallest absolute Gasteiger partial charge is 0.0198 e. The first-order valence-corrected chi connectivity index (χ1v) is 7.73. The van der Waals surface area contributed by atoms with Gasteiger partial charge in [0.05, 0.1) is 0 Å². The van der Waals surface area contributed by atoms with E-state index in [0.717, 1.165) is 17.3 Å². The molecule has 0 aromatic carbocycles. The minimum absolute atomic E-state index is 0.625. The van der Waals surface area contributed by atoms with Crippen LogP contribution in [0, 0.1) is 5.41 Å². The average Bonchev–Trinajstić information content (AvgIpc) is 2.99. The quantitative estimate of drug-likeness (QED) is 0.789. The maximum atomic E-state index is 3.90. The third kappa shape index (κ3) is 2.71. The van der Waals surface area contributed by atoms with Gasteiger partial charge in [-0.1, -0.05) is 19.8 Å². The van der Waals surface area contributed by atoms with E-state index in [4.69, 9.17) is 0 Å². The highest BCUT2D eigenvalue weighted by molar-refractivity contribution is 7.99. The van der Waals surface area contributed by atoms with Gasteiger partial charge in [0, 0.05) is 17.3 Å². The molecule has 88 valence electrons. The van der Waals surface area contributed by atoms with E-state index in [1.165, 1.54) is 38.5 Å². The zero-order valence-corrected chi connectivity index (χ0v) is 11.2. The largest absolute Gasteiger partial charge is 0.310 e. The van der Waals surface area contributed by atoms with Crippen molar-refractivity contribution in [2.75, 3.05) is 6.26 Å². The lowest BCUT2D eigenvalue weighted by molar-refractivity contribution is 0.296. The minimum atomic E-state index is 0.625. The van der Waals surface area contributed by atoms with Crippen LogP contribution in [0.15, 0.2) is 0 Å². The van der Waals surface area contributed by atoms with Crippen molar-refractivity contribution < 1.29 is 0 Å². The number of rotatable bonds is 4. The van der Waals surface area contributed by atoms with E-state index >= 15 is 0 Å². The summed E-state index contributed by atoms with van der Waals surface area (Å²) in [4.78, 5) is 0. The molecule has 0 saturated heterocycles. The van der Waals surface area contributed by atoms with Gasteiger partial charge in [0.15, 0.2) is 0 Å². The molecule has 0 aromatic rings. The summed E-state index contributed by atoms with van der Waals surface area (Å²) >= 11 is 2.06. The molecule has 1 N–H and O–H groups in total. The van der Waals surface area contributed by atoms with Gasteiger partial charge in [-0.3, -0.25) is 0 Å². The SMILES string of the molecule is CSC1CCCCC1NC(C)C1(C)CC1. The second kappa shape index (κ2) is 4.67. The first-order valence-electron chi connectivity index (χ1n) is 6.44. The molecular formula is C13H25NS. The monoisotopic (exact) mass is 227 g/mol. The van der Waals surface area contributed by atoms with Crippen LogP contribution in [-0.2, 0) is 0 Å². The molecule has 3 unspecified atom stereocenters. The Bertz CT molecular complexity index is 213. The molecule has 0 radical (unpaired) electrons. The zero-order valence-electron chi connectivity index (χ0n) is 10.4. The molecule has 0 aliphatic heterocycles. The standard InChI is InChI=1S/C13H25NS/c1-10(13(2)8-9-13)14-11-6-4-5-7-12(11)15-3/h10-12,14H,4-9H2,1-3H3. The molecule has 0 aromatic heterocycles. The van der Waals surface area contributed by atoms with Crippen LogP contribution >= 0.6 is 11.8 Å².